The Hall–Kier alpha value is 0.386. The van der Waals surface area contributed by atoms with Gasteiger partial charge < -0.3 is 26.2 Å². The van der Waals surface area contributed by atoms with Gasteiger partial charge in [-0.25, -0.2) is 0 Å². The first-order valence-electron chi connectivity index (χ1n) is 13.4. The Morgan fingerprint density at radius 1 is 1.19 bits per heavy atom. The first-order valence-corrected chi connectivity index (χ1v) is 14.6. The molecule has 0 aliphatic heterocycles. The summed E-state index contributed by atoms with van der Waals surface area (Å²) in [6.07, 6.45) is 6.18. The summed E-state index contributed by atoms with van der Waals surface area (Å²) in [7, 11) is 2.06. The zero-order chi connectivity index (χ0) is 29.2. The molecule has 1 saturated carbocycles. The molecule has 0 aromatic carbocycles. The standard InChI is InChI=1S/C12H22NO2S.C11H24N2.2C2H6.CH2O2.K/c1-5-13-7-9-16-8-6-11(4)12(14)15-10(2)3;1-10(2)5-9(13-4)6-11(3,7-10)8-12;2*1-2;2-1-3;/h5,10-11H,1,6-9H2,2-4H3;9,13H,5-8,12H2,1-4H3;2*1-2H3;1H,(H,2,3);/q-1;;;;;+1. The Morgan fingerprint density at radius 3 is 2.11 bits per heavy atom. The zero-order valence-corrected chi connectivity index (χ0v) is 30.3. The molecule has 0 bridgehead atoms. The van der Waals surface area contributed by atoms with Crippen LogP contribution in [0.25, 0.3) is 5.32 Å². The SMILES string of the molecule is C=C[N-]CCSCCC(C)C(=O)OC(C)C.CC.CC.CNC1CC(C)(C)CC(C)(CN)C1.O=CO.[K+]. The topological polar surface area (TPSA) is 116 Å². The molecule has 0 aromatic heterocycles. The molecule has 0 spiro atoms. The number of nitrogens with two attached hydrogens (primary N) is 1. The molecule has 3 unspecified atom stereocenters. The Bertz CT molecular complexity index is 526. The molecule has 1 rings (SSSR count). The largest absolute Gasteiger partial charge is 1.00 e. The van der Waals surface area contributed by atoms with E-state index in [2.05, 4.69) is 45.0 Å². The average molecular weight is 574 g/mol. The maximum absolute atomic E-state index is 11.5. The zero-order valence-electron chi connectivity index (χ0n) is 26.4. The summed E-state index contributed by atoms with van der Waals surface area (Å²) >= 11 is 1.81. The molecule has 0 aromatic rings. The Kier molecular flexibility index (Phi) is 39.4. The molecular weight excluding hydrogens is 513 g/mol. The quantitative estimate of drug-likeness (QED) is 0.149. The van der Waals surface area contributed by atoms with E-state index in [1.54, 1.807) is 6.20 Å². The van der Waals surface area contributed by atoms with E-state index in [0.29, 0.717) is 16.9 Å². The monoisotopic (exact) mass is 573 g/mol. The summed E-state index contributed by atoms with van der Waals surface area (Å²) in [5.41, 5.74) is 6.63. The average Bonchev–Trinajstić information content (AvgIpc) is 2.83. The number of rotatable bonds is 11. The molecule has 1 aliphatic rings. The summed E-state index contributed by atoms with van der Waals surface area (Å²) in [6, 6.07) is 0.650. The minimum Gasteiger partial charge on any atom is -0.690 e. The number of carbonyl (C=O) groups excluding carboxylic acids is 1. The van der Waals surface area contributed by atoms with E-state index in [4.69, 9.17) is 20.4 Å². The van der Waals surface area contributed by atoms with Gasteiger partial charge in [-0.15, -0.1) is 13.1 Å². The van der Waals surface area contributed by atoms with Gasteiger partial charge in [0.1, 0.15) is 0 Å². The van der Waals surface area contributed by atoms with Gasteiger partial charge in [0.25, 0.3) is 6.47 Å². The number of hydrogen-bond donors (Lipinski definition) is 3. The Labute approximate surface area is 277 Å². The van der Waals surface area contributed by atoms with Crippen molar-refractivity contribution in [2.45, 2.75) is 107 Å². The van der Waals surface area contributed by atoms with Gasteiger partial charge in [0.15, 0.2) is 0 Å². The van der Waals surface area contributed by atoms with Crippen LogP contribution in [0.5, 0.6) is 0 Å². The minimum atomic E-state index is -0.250. The summed E-state index contributed by atoms with van der Waals surface area (Å²) in [4.78, 5) is 19.8. The molecule has 1 fully saturated rings. The second-order valence-corrected chi connectivity index (χ2v) is 11.0. The van der Waals surface area contributed by atoms with Crippen molar-refractivity contribution in [1.29, 1.82) is 0 Å². The number of ether oxygens (including phenoxy) is 1. The maximum Gasteiger partial charge on any atom is 1.00 e. The van der Waals surface area contributed by atoms with E-state index in [9.17, 15) is 4.79 Å². The van der Waals surface area contributed by atoms with Crippen molar-refractivity contribution >= 4 is 24.2 Å². The molecule has 0 amide bonds. The predicted octanol–water partition coefficient (Wildman–Crippen LogP) is 3.72. The van der Waals surface area contributed by atoms with E-state index in [1.807, 2.05) is 60.2 Å². The fourth-order valence-electron chi connectivity index (χ4n) is 4.03. The molecule has 218 valence electrons. The Balaban J connectivity index is -0.000000146. The van der Waals surface area contributed by atoms with E-state index in [1.165, 1.54) is 19.3 Å². The van der Waals surface area contributed by atoms with E-state index in [-0.39, 0.29) is 75.8 Å². The molecular formula is C28H60KN3O4S. The summed E-state index contributed by atoms with van der Waals surface area (Å²) < 4.78 is 5.13. The number of nitrogens with one attached hydrogen (secondary N) is 1. The molecule has 9 heteroatoms. The molecule has 0 radical (unpaired) electrons. The minimum absolute atomic E-state index is 0. The normalized spacial score (nSPS) is 19.6. The molecule has 37 heavy (non-hydrogen) atoms. The van der Waals surface area contributed by atoms with Crippen LogP contribution in [0.2, 0.25) is 0 Å². The van der Waals surface area contributed by atoms with Gasteiger partial charge in [0.2, 0.25) is 0 Å². The van der Waals surface area contributed by atoms with Crippen molar-refractivity contribution in [3.63, 3.8) is 0 Å². The van der Waals surface area contributed by atoms with Crippen LogP contribution in [-0.4, -0.2) is 61.3 Å². The van der Waals surface area contributed by atoms with Crippen molar-refractivity contribution in [2.75, 3.05) is 31.6 Å². The van der Waals surface area contributed by atoms with E-state index in [0.717, 1.165) is 31.0 Å². The maximum atomic E-state index is 11.5. The molecule has 3 atom stereocenters. The van der Waals surface area contributed by atoms with Gasteiger partial charge in [-0.2, -0.15) is 18.0 Å². The van der Waals surface area contributed by atoms with Gasteiger partial charge in [-0.3, -0.25) is 9.59 Å². The van der Waals surface area contributed by atoms with Crippen LogP contribution in [0.3, 0.4) is 0 Å². The number of carbonyl (C=O) groups is 2. The van der Waals surface area contributed by atoms with Crippen molar-refractivity contribution in [2.24, 2.45) is 22.5 Å². The Morgan fingerprint density at radius 2 is 1.70 bits per heavy atom. The molecule has 1 aliphatic carbocycles. The van der Waals surface area contributed by atoms with Crippen LogP contribution < -0.4 is 62.4 Å². The van der Waals surface area contributed by atoms with Crippen LogP contribution in [0, 0.1) is 16.7 Å². The van der Waals surface area contributed by atoms with Crippen LogP contribution in [0.15, 0.2) is 12.8 Å². The predicted molar refractivity (Wildman–Crippen MR) is 160 cm³/mol. The van der Waals surface area contributed by atoms with E-state index >= 15 is 0 Å². The summed E-state index contributed by atoms with van der Waals surface area (Å²) in [5, 5.41) is 14.3. The number of nitrogens with zero attached hydrogens (tertiary/aromatic N) is 1. The second-order valence-electron chi connectivity index (χ2n) is 9.73. The van der Waals surface area contributed by atoms with Crippen molar-refractivity contribution in [3.05, 3.63) is 18.1 Å². The van der Waals surface area contributed by atoms with Gasteiger partial charge in [-0.1, -0.05) is 55.4 Å². The molecule has 7 nitrogen and oxygen atoms in total. The van der Waals surface area contributed by atoms with Gasteiger partial charge >= 0.3 is 57.4 Å². The molecule has 4 N–H and O–H groups in total. The number of esters is 1. The summed E-state index contributed by atoms with van der Waals surface area (Å²) in [5.74, 6) is 1.86. The van der Waals surface area contributed by atoms with Crippen LogP contribution in [0.1, 0.15) is 94.9 Å². The third-order valence-electron chi connectivity index (χ3n) is 5.29. The third kappa shape index (κ3) is 30.8. The van der Waals surface area contributed by atoms with Crippen LogP contribution >= 0.6 is 11.8 Å². The van der Waals surface area contributed by atoms with Gasteiger partial charge in [-0.05, 0) is 75.5 Å². The third-order valence-corrected chi connectivity index (χ3v) is 6.28. The number of thioether (sulfide) groups is 1. The number of hydrogen-bond acceptors (Lipinski definition) is 6. The smallest absolute Gasteiger partial charge is 0.690 e. The first kappa shape index (κ1) is 47.2. The van der Waals surface area contributed by atoms with Gasteiger partial charge in [0.05, 0.1) is 12.0 Å². The second kappa shape index (κ2) is 30.9. The number of carboxylic acid groups (broad SMARTS) is 1. The van der Waals surface area contributed by atoms with Gasteiger partial charge in [0, 0.05) is 6.04 Å². The molecule has 0 heterocycles. The van der Waals surface area contributed by atoms with Crippen LogP contribution in [0.4, 0.5) is 0 Å². The fourth-order valence-corrected chi connectivity index (χ4v) is 4.99. The fraction of sp³-hybridized carbons (Fsp3) is 0.857. The van der Waals surface area contributed by atoms with Crippen molar-refractivity contribution in [3.8, 4) is 0 Å². The first-order chi connectivity index (χ1) is 16.9. The van der Waals surface area contributed by atoms with E-state index < -0.39 is 0 Å². The van der Waals surface area contributed by atoms with Crippen molar-refractivity contribution < 1.29 is 70.8 Å². The summed E-state index contributed by atoms with van der Waals surface area (Å²) in [6.45, 7) is 25.6. The molecule has 0 saturated heterocycles. The van der Waals surface area contributed by atoms with Crippen molar-refractivity contribution in [1.82, 2.24) is 5.32 Å². The van der Waals surface area contributed by atoms with Crippen LogP contribution in [-0.2, 0) is 14.3 Å².